The van der Waals surface area contributed by atoms with Gasteiger partial charge in [-0.05, 0) is 6.54 Å². The number of rotatable bonds is 2. The molecule has 1 N–H and O–H groups in total. The van der Waals surface area contributed by atoms with Gasteiger partial charge in [0.1, 0.15) is 6.80 Å². The first-order valence-electron chi connectivity index (χ1n) is 1.68. The maximum Gasteiger partial charge on any atom is 0.140 e. The third kappa shape index (κ3) is 3.89. The van der Waals surface area contributed by atoms with Crippen LogP contribution in [0.25, 0.3) is 0 Å². The quantitative estimate of drug-likeness (QED) is 0.474. The van der Waals surface area contributed by atoms with E-state index in [1.54, 1.807) is 0 Å². The summed E-state index contributed by atoms with van der Waals surface area (Å²) in [5.74, 6) is 0. The minimum absolute atomic E-state index is 0.406. The van der Waals surface area contributed by atoms with Gasteiger partial charge in [-0.2, -0.15) is 0 Å². The first-order valence-corrected chi connectivity index (χ1v) is 1.68. The van der Waals surface area contributed by atoms with Crippen LogP contribution in [0.3, 0.4) is 0 Å². The zero-order chi connectivity index (χ0) is 4.12. The zero-order valence-corrected chi connectivity index (χ0v) is 3.29. The molecule has 0 heterocycles. The lowest BCUT2D eigenvalue weighted by molar-refractivity contribution is 0.434. The van der Waals surface area contributed by atoms with E-state index < -0.39 is 6.80 Å². The van der Waals surface area contributed by atoms with Gasteiger partial charge in [-0.1, -0.05) is 6.92 Å². The van der Waals surface area contributed by atoms with Gasteiger partial charge in [-0.15, -0.1) is 0 Å². The van der Waals surface area contributed by atoms with Gasteiger partial charge in [-0.25, -0.2) is 4.39 Å². The molecule has 0 saturated carbocycles. The number of alkyl halides is 1. The minimum Gasteiger partial charge on any atom is -0.291 e. The molecular formula is C3H8FN. The van der Waals surface area contributed by atoms with Crippen molar-refractivity contribution in [3.63, 3.8) is 0 Å². The van der Waals surface area contributed by atoms with Gasteiger partial charge in [0.15, 0.2) is 0 Å². The predicted molar refractivity (Wildman–Crippen MR) is 19.7 cm³/mol. The first-order chi connectivity index (χ1) is 2.41. The summed E-state index contributed by atoms with van der Waals surface area (Å²) in [7, 11) is 0. The maximum atomic E-state index is 10.9. The van der Waals surface area contributed by atoms with E-state index in [-0.39, 0.29) is 0 Å². The van der Waals surface area contributed by atoms with Crippen LogP contribution in [0, 0.1) is 0 Å². The molecule has 0 atom stereocenters. The van der Waals surface area contributed by atoms with Crippen molar-refractivity contribution in [1.82, 2.24) is 5.32 Å². The van der Waals surface area contributed by atoms with E-state index in [0.717, 1.165) is 6.54 Å². The lowest BCUT2D eigenvalue weighted by Crippen LogP contribution is -2.08. The highest BCUT2D eigenvalue weighted by Gasteiger charge is 1.66. The van der Waals surface area contributed by atoms with Gasteiger partial charge in [0.25, 0.3) is 0 Å². The topological polar surface area (TPSA) is 12.0 Å². The average Bonchev–Trinajstić information content (AvgIpc) is 1.41. The van der Waals surface area contributed by atoms with Crippen molar-refractivity contribution in [3.8, 4) is 0 Å². The molecule has 0 unspecified atom stereocenters. The van der Waals surface area contributed by atoms with Crippen LogP contribution in [0.4, 0.5) is 4.39 Å². The fourth-order valence-corrected chi connectivity index (χ4v) is 0.0945. The van der Waals surface area contributed by atoms with E-state index in [0.29, 0.717) is 0 Å². The van der Waals surface area contributed by atoms with Crippen LogP contribution in [-0.4, -0.2) is 13.3 Å². The highest BCUT2D eigenvalue weighted by Crippen LogP contribution is 1.52. The number of hydrogen-bond acceptors (Lipinski definition) is 1. The van der Waals surface area contributed by atoms with Crippen LogP contribution >= 0.6 is 0 Å². The normalized spacial score (nSPS) is 8.40. The van der Waals surface area contributed by atoms with Crippen LogP contribution in [-0.2, 0) is 0 Å². The molecule has 0 aromatic carbocycles. The van der Waals surface area contributed by atoms with Crippen molar-refractivity contribution in [2.45, 2.75) is 6.92 Å². The molecule has 5 heavy (non-hydrogen) atoms. The molecule has 0 amide bonds. The molecule has 0 fully saturated rings. The summed E-state index contributed by atoms with van der Waals surface area (Å²) in [5.41, 5.74) is 0. The fourth-order valence-electron chi connectivity index (χ4n) is 0.0945. The largest absolute Gasteiger partial charge is 0.291 e. The Bertz CT molecular complexity index is 14.4. The van der Waals surface area contributed by atoms with E-state index in [2.05, 4.69) is 5.32 Å². The van der Waals surface area contributed by atoms with Crippen molar-refractivity contribution in [1.29, 1.82) is 0 Å². The summed E-state index contributed by atoms with van der Waals surface area (Å²) in [5, 5.41) is 2.44. The average molecular weight is 77.1 g/mol. The van der Waals surface area contributed by atoms with E-state index in [1.165, 1.54) is 0 Å². The maximum absolute atomic E-state index is 10.9. The van der Waals surface area contributed by atoms with E-state index in [9.17, 15) is 4.39 Å². The first kappa shape index (κ1) is 4.89. The Morgan fingerprint density at radius 1 is 1.80 bits per heavy atom. The van der Waals surface area contributed by atoms with Crippen LogP contribution < -0.4 is 5.32 Å². The molecule has 0 aliphatic heterocycles. The SMILES string of the molecule is CCNCF. The van der Waals surface area contributed by atoms with Gasteiger partial charge < -0.3 is 0 Å². The Morgan fingerprint density at radius 2 is 2.40 bits per heavy atom. The van der Waals surface area contributed by atoms with E-state index in [1.807, 2.05) is 6.92 Å². The van der Waals surface area contributed by atoms with Crippen LogP contribution in [0.1, 0.15) is 6.92 Å². The molecule has 0 aromatic heterocycles. The highest BCUT2D eigenvalue weighted by molar-refractivity contribution is 4.21. The number of halogens is 1. The van der Waals surface area contributed by atoms with Crippen molar-refractivity contribution in [3.05, 3.63) is 0 Å². The second kappa shape index (κ2) is 3.89. The molecule has 32 valence electrons. The van der Waals surface area contributed by atoms with Crippen molar-refractivity contribution in [2.24, 2.45) is 0 Å². The summed E-state index contributed by atoms with van der Waals surface area (Å²) in [6.07, 6.45) is 0. The molecule has 0 aliphatic rings. The van der Waals surface area contributed by atoms with Crippen molar-refractivity contribution >= 4 is 0 Å². The third-order valence-electron chi connectivity index (χ3n) is 0.344. The Hall–Kier alpha value is -0.110. The number of hydrogen-bond donors (Lipinski definition) is 1. The van der Waals surface area contributed by atoms with Crippen LogP contribution in [0.15, 0.2) is 0 Å². The molecule has 1 nitrogen and oxygen atoms in total. The Balaban J connectivity index is 2.19. The van der Waals surface area contributed by atoms with Crippen LogP contribution in [0.5, 0.6) is 0 Å². The Morgan fingerprint density at radius 3 is 2.40 bits per heavy atom. The summed E-state index contributed by atoms with van der Waals surface area (Å²) >= 11 is 0. The van der Waals surface area contributed by atoms with Crippen LogP contribution in [0.2, 0.25) is 0 Å². The summed E-state index contributed by atoms with van der Waals surface area (Å²) in [4.78, 5) is 0. The predicted octanol–water partition coefficient (Wildman–Crippen LogP) is 0.523. The standard InChI is InChI=1S/C3H8FN/c1-2-5-3-4/h5H,2-3H2,1H3. The Labute approximate surface area is 31.2 Å². The molecule has 0 spiro atoms. The molecule has 0 aliphatic carbocycles. The van der Waals surface area contributed by atoms with E-state index >= 15 is 0 Å². The second-order valence-corrected chi connectivity index (χ2v) is 0.737. The molecular weight excluding hydrogens is 69.0 g/mol. The summed E-state index contributed by atoms with van der Waals surface area (Å²) in [6.45, 7) is 2.17. The van der Waals surface area contributed by atoms with Crippen molar-refractivity contribution in [2.75, 3.05) is 13.3 Å². The molecule has 2 heteroatoms. The summed E-state index contributed by atoms with van der Waals surface area (Å²) < 4.78 is 10.9. The molecule has 0 bridgehead atoms. The van der Waals surface area contributed by atoms with Crippen molar-refractivity contribution < 1.29 is 4.39 Å². The Kier molecular flexibility index (Phi) is 3.80. The van der Waals surface area contributed by atoms with Gasteiger partial charge >= 0.3 is 0 Å². The molecule has 0 rings (SSSR count). The van der Waals surface area contributed by atoms with Gasteiger partial charge in [0.05, 0.1) is 0 Å². The lowest BCUT2D eigenvalue weighted by Gasteiger charge is -1.83. The van der Waals surface area contributed by atoms with Gasteiger partial charge in [0.2, 0.25) is 0 Å². The molecule has 0 saturated heterocycles. The minimum atomic E-state index is -0.406. The van der Waals surface area contributed by atoms with Gasteiger partial charge in [-0.3, -0.25) is 5.32 Å². The monoisotopic (exact) mass is 77.1 g/mol. The van der Waals surface area contributed by atoms with Gasteiger partial charge in [0, 0.05) is 0 Å². The lowest BCUT2D eigenvalue weighted by atomic mass is 10.8. The smallest absolute Gasteiger partial charge is 0.140 e. The van der Waals surface area contributed by atoms with E-state index in [4.69, 9.17) is 0 Å². The molecule has 0 radical (unpaired) electrons. The second-order valence-electron chi connectivity index (χ2n) is 0.737. The summed E-state index contributed by atoms with van der Waals surface area (Å²) in [6, 6.07) is 0. The number of nitrogens with one attached hydrogen (secondary N) is 1. The zero-order valence-electron chi connectivity index (χ0n) is 3.29. The fraction of sp³-hybridized carbons (Fsp3) is 1.00. The highest BCUT2D eigenvalue weighted by atomic mass is 19.1. The third-order valence-corrected chi connectivity index (χ3v) is 0.344. The molecule has 0 aromatic rings.